The number of nitrogens with zero attached hydrogens (tertiary/aromatic N) is 1. The van der Waals surface area contributed by atoms with Crippen molar-refractivity contribution in [3.63, 3.8) is 0 Å². The summed E-state index contributed by atoms with van der Waals surface area (Å²) in [7, 11) is 0. The quantitative estimate of drug-likeness (QED) is 0.560. The van der Waals surface area contributed by atoms with Crippen molar-refractivity contribution < 1.29 is 4.79 Å². The van der Waals surface area contributed by atoms with E-state index in [-0.39, 0.29) is 10.8 Å². The van der Waals surface area contributed by atoms with Gasteiger partial charge >= 0.3 is 6.03 Å². The van der Waals surface area contributed by atoms with Crippen molar-refractivity contribution in [1.82, 2.24) is 5.43 Å². The third-order valence-corrected chi connectivity index (χ3v) is 4.90. The van der Waals surface area contributed by atoms with Gasteiger partial charge in [0.25, 0.3) is 0 Å². The largest absolute Gasteiger partial charge is 0.350 e. The van der Waals surface area contributed by atoms with Crippen LogP contribution >= 0.6 is 0 Å². The number of fused-ring (bicyclic) bond motifs is 2. The maximum absolute atomic E-state index is 10.7. The van der Waals surface area contributed by atoms with Gasteiger partial charge in [-0.25, -0.2) is 10.2 Å². The number of hydrogen-bond donors (Lipinski definition) is 2. The van der Waals surface area contributed by atoms with Gasteiger partial charge in [0.2, 0.25) is 0 Å². The Kier molecular flexibility index (Phi) is 2.56. The second kappa shape index (κ2) is 3.59. The summed E-state index contributed by atoms with van der Waals surface area (Å²) in [4.78, 5) is 10.7. The number of hydrogen-bond acceptors (Lipinski definition) is 2. The molecule has 2 atom stereocenters. The number of hydrazone groups is 1. The van der Waals surface area contributed by atoms with Crippen LogP contribution < -0.4 is 11.2 Å². The highest BCUT2D eigenvalue weighted by Gasteiger charge is 2.56. The highest BCUT2D eigenvalue weighted by molar-refractivity contribution is 6.00. The van der Waals surface area contributed by atoms with Crippen LogP contribution in [0.1, 0.15) is 40.5 Å². The lowest BCUT2D eigenvalue weighted by Gasteiger charge is -2.34. The number of allylic oxidation sites excluding steroid dienone is 2. The van der Waals surface area contributed by atoms with Crippen molar-refractivity contribution in [3.05, 3.63) is 11.6 Å². The average Bonchev–Trinajstić information content (AvgIpc) is 2.57. The highest BCUT2D eigenvalue weighted by Crippen LogP contribution is 2.64. The highest BCUT2D eigenvalue weighted by atomic mass is 16.2. The van der Waals surface area contributed by atoms with E-state index in [4.69, 9.17) is 5.73 Å². The zero-order chi connectivity index (χ0) is 12.8. The molecule has 2 amide bonds. The first-order valence-corrected chi connectivity index (χ1v) is 6.11. The number of nitrogens with two attached hydrogens (primary N) is 1. The van der Waals surface area contributed by atoms with Crippen LogP contribution in [0.3, 0.4) is 0 Å². The van der Waals surface area contributed by atoms with Crippen LogP contribution in [0.5, 0.6) is 0 Å². The lowest BCUT2D eigenvalue weighted by Crippen LogP contribution is -2.28. The lowest BCUT2D eigenvalue weighted by molar-refractivity contribution is 0.181. The smallest absolute Gasteiger partial charge is 0.332 e. The molecule has 1 fully saturated rings. The maximum atomic E-state index is 10.7. The predicted octanol–water partition coefficient (Wildman–Crippen LogP) is 2.41. The zero-order valence-corrected chi connectivity index (χ0v) is 11.0. The Morgan fingerprint density at radius 1 is 1.53 bits per heavy atom. The molecule has 0 aliphatic heterocycles. The van der Waals surface area contributed by atoms with E-state index in [1.165, 1.54) is 18.4 Å². The Hall–Kier alpha value is -1.32. The van der Waals surface area contributed by atoms with Crippen LogP contribution in [0.2, 0.25) is 0 Å². The fourth-order valence-corrected chi connectivity index (χ4v) is 3.33. The summed E-state index contributed by atoms with van der Waals surface area (Å²) in [5.41, 5.74) is 10.0. The maximum Gasteiger partial charge on any atom is 0.332 e. The van der Waals surface area contributed by atoms with Gasteiger partial charge in [-0.15, -0.1) is 0 Å². The fourth-order valence-electron chi connectivity index (χ4n) is 3.33. The topological polar surface area (TPSA) is 67.5 Å². The molecular formula is C13H21N3O. The molecule has 0 unspecified atom stereocenters. The Balaban J connectivity index is 2.26. The number of carbonyl (C=O) groups is 1. The van der Waals surface area contributed by atoms with Crippen molar-refractivity contribution in [1.29, 1.82) is 0 Å². The summed E-state index contributed by atoms with van der Waals surface area (Å²) < 4.78 is 0. The van der Waals surface area contributed by atoms with Gasteiger partial charge in [0.1, 0.15) is 0 Å². The van der Waals surface area contributed by atoms with Crippen molar-refractivity contribution in [2.24, 2.45) is 27.6 Å². The van der Waals surface area contributed by atoms with Crippen LogP contribution in [0.15, 0.2) is 16.8 Å². The summed E-state index contributed by atoms with van der Waals surface area (Å²) >= 11 is 0. The molecule has 0 aromatic carbocycles. The fraction of sp³-hybridized carbons (Fsp3) is 0.692. The normalized spacial score (nSPS) is 34.7. The van der Waals surface area contributed by atoms with Crippen molar-refractivity contribution in [2.75, 3.05) is 0 Å². The first-order valence-electron chi connectivity index (χ1n) is 6.11. The van der Waals surface area contributed by atoms with E-state index in [0.717, 1.165) is 5.71 Å². The molecule has 94 valence electrons. The molecule has 17 heavy (non-hydrogen) atoms. The van der Waals surface area contributed by atoms with Crippen LogP contribution in [-0.2, 0) is 0 Å². The Morgan fingerprint density at radius 2 is 2.18 bits per heavy atom. The van der Waals surface area contributed by atoms with Crippen LogP contribution in [0.25, 0.3) is 0 Å². The predicted molar refractivity (Wildman–Crippen MR) is 68.5 cm³/mol. The van der Waals surface area contributed by atoms with E-state index in [1.807, 2.05) is 6.92 Å². The molecule has 1 saturated carbocycles. The zero-order valence-electron chi connectivity index (χ0n) is 11.0. The average molecular weight is 235 g/mol. The number of urea groups is 1. The van der Waals surface area contributed by atoms with E-state index < -0.39 is 6.03 Å². The molecule has 2 aliphatic rings. The van der Waals surface area contributed by atoms with E-state index in [9.17, 15) is 4.79 Å². The van der Waals surface area contributed by atoms with Gasteiger partial charge in [-0.05, 0) is 42.1 Å². The summed E-state index contributed by atoms with van der Waals surface area (Å²) in [6.07, 6.45) is 4.78. The van der Waals surface area contributed by atoms with Crippen molar-refractivity contribution in [2.45, 2.75) is 40.5 Å². The van der Waals surface area contributed by atoms with Gasteiger partial charge in [-0.2, -0.15) is 5.10 Å². The molecule has 4 nitrogen and oxygen atoms in total. The first kappa shape index (κ1) is 12.1. The molecule has 2 bridgehead atoms. The standard InChI is InChI=1S/C13H21N3O/c1-8(15-16-11(14)17)9-7-13(4)6-5-10(9)12(13,2)3/h7,10H,5-6H2,1-4H3,(H3,14,16,17)/b15-8-/t10-,13+/m0/s1. The molecule has 3 N–H and O–H groups in total. The molecule has 4 heteroatoms. The second-order valence-corrected chi connectivity index (χ2v) is 6.00. The van der Waals surface area contributed by atoms with Gasteiger partial charge in [-0.3, -0.25) is 0 Å². The van der Waals surface area contributed by atoms with Gasteiger partial charge in [0, 0.05) is 0 Å². The SMILES string of the molecule is C/C(=N/NC(N)=O)C1=C[C@@]2(C)CC[C@@H]1C2(C)C. The molecule has 0 spiro atoms. The summed E-state index contributed by atoms with van der Waals surface area (Å²) in [6, 6.07) is -0.612. The summed E-state index contributed by atoms with van der Waals surface area (Å²) in [5.74, 6) is 0.547. The Morgan fingerprint density at radius 3 is 2.59 bits per heavy atom. The van der Waals surface area contributed by atoms with Crippen molar-refractivity contribution >= 4 is 11.7 Å². The van der Waals surface area contributed by atoms with Gasteiger partial charge in [0.15, 0.2) is 0 Å². The summed E-state index contributed by atoms with van der Waals surface area (Å²) in [5, 5.41) is 4.04. The van der Waals surface area contributed by atoms with E-state index >= 15 is 0 Å². The molecule has 0 heterocycles. The summed E-state index contributed by atoms with van der Waals surface area (Å²) in [6.45, 7) is 8.89. The number of primary amides is 1. The van der Waals surface area contributed by atoms with Crippen LogP contribution in [0, 0.1) is 16.7 Å². The monoisotopic (exact) mass is 235 g/mol. The molecule has 2 aliphatic carbocycles. The van der Waals surface area contributed by atoms with Crippen LogP contribution in [0.4, 0.5) is 4.79 Å². The van der Waals surface area contributed by atoms with E-state index in [2.05, 4.69) is 37.4 Å². The van der Waals surface area contributed by atoms with Gasteiger partial charge in [-0.1, -0.05) is 26.8 Å². The number of nitrogens with one attached hydrogen (secondary N) is 1. The number of carbonyl (C=O) groups excluding carboxylic acids is 1. The first-order chi connectivity index (χ1) is 7.78. The molecule has 0 radical (unpaired) electrons. The minimum absolute atomic E-state index is 0.260. The Bertz CT molecular complexity index is 422. The van der Waals surface area contributed by atoms with Crippen LogP contribution in [-0.4, -0.2) is 11.7 Å². The molecule has 0 saturated heterocycles. The minimum Gasteiger partial charge on any atom is -0.350 e. The minimum atomic E-state index is -0.612. The molecule has 2 rings (SSSR count). The Labute approximate surface area is 102 Å². The van der Waals surface area contributed by atoms with E-state index in [1.54, 1.807) is 0 Å². The number of amides is 2. The molecule has 0 aromatic heterocycles. The van der Waals surface area contributed by atoms with Gasteiger partial charge < -0.3 is 5.73 Å². The second-order valence-electron chi connectivity index (χ2n) is 6.00. The third kappa shape index (κ3) is 1.66. The van der Waals surface area contributed by atoms with E-state index in [0.29, 0.717) is 5.92 Å². The lowest BCUT2D eigenvalue weighted by atomic mass is 9.70. The number of rotatable bonds is 2. The van der Waals surface area contributed by atoms with Crippen molar-refractivity contribution in [3.8, 4) is 0 Å². The third-order valence-electron chi connectivity index (χ3n) is 4.90. The molecular weight excluding hydrogens is 214 g/mol. The molecule has 0 aromatic rings. The van der Waals surface area contributed by atoms with Gasteiger partial charge in [0.05, 0.1) is 5.71 Å².